The van der Waals surface area contributed by atoms with Gasteiger partial charge < -0.3 is 0 Å². The summed E-state index contributed by atoms with van der Waals surface area (Å²) in [4.78, 5) is 8.57. The molecule has 5 nitrogen and oxygen atoms in total. The molecule has 0 unspecified atom stereocenters. The molecule has 0 atom stereocenters. The normalized spacial score (nSPS) is 11.6. The number of hydrogen-bond donors (Lipinski definition) is 1. The van der Waals surface area contributed by atoms with Gasteiger partial charge in [-0.3, -0.25) is 4.98 Å². The van der Waals surface area contributed by atoms with Gasteiger partial charge in [0.25, 0.3) is 0 Å². The predicted molar refractivity (Wildman–Crippen MR) is 95.4 cm³/mol. The molecule has 25 heavy (non-hydrogen) atoms. The SMILES string of the molecule is Cc1cc(F)ccc1S(=O)(=O)NCCc1csc(-c2ccncc2)n1. The smallest absolute Gasteiger partial charge is 0.240 e. The number of aromatic nitrogens is 2. The largest absolute Gasteiger partial charge is 0.265 e. The van der Waals surface area contributed by atoms with E-state index in [0.29, 0.717) is 12.0 Å². The van der Waals surface area contributed by atoms with Crippen LogP contribution in [-0.2, 0) is 16.4 Å². The molecule has 0 amide bonds. The van der Waals surface area contributed by atoms with Crippen LogP contribution in [0.1, 0.15) is 11.3 Å². The molecule has 0 radical (unpaired) electrons. The second kappa shape index (κ2) is 7.38. The van der Waals surface area contributed by atoms with Crippen molar-refractivity contribution in [2.75, 3.05) is 6.54 Å². The van der Waals surface area contributed by atoms with Crippen molar-refractivity contribution >= 4 is 21.4 Å². The molecule has 1 aromatic carbocycles. The minimum absolute atomic E-state index is 0.0876. The molecule has 3 aromatic rings. The zero-order valence-electron chi connectivity index (χ0n) is 13.4. The van der Waals surface area contributed by atoms with Crippen molar-refractivity contribution < 1.29 is 12.8 Å². The van der Waals surface area contributed by atoms with Gasteiger partial charge in [0.1, 0.15) is 10.8 Å². The molecule has 1 N–H and O–H groups in total. The first-order chi connectivity index (χ1) is 12.0. The molecule has 0 aliphatic rings. The van der Waals surface area contributed by atoms with E-state index in [1.54, 1.807) is 19.3 Å². The van der Waals surface area contributed by atoms with Crippen molar-refractivity contribution in [2.45, 2.75) is 18.2 Å². The Morgan fingerprint density at radius 2 is 1.96 bits per heavy atom. The minimum Gasteiger partial charge on any atom is -0.265 e. The fraction of sp³-hybridized carbons (Fsp3) is 0.176. The molecule has 0 aliphatic heterocycles. The summed E-state index contributed by atoms with van der Waals surface area (Å²) in [6, 6.07) is 7.38. The highest BCUT2D eigenvalue weighted by atomic mass is 32.2. The van der Waals surface area contributed by atoms with E-state index in [4.69, 9.17) is 0 Å². The average molecular weight is 377 g/mol. The van der Waals surface area contributed by atoms with E-state index in [-0.39, 0.29) is 11.4 Å². The third-order valence-corrected chi connectivity index (χ3v) is 6.14. The number of hydrogen-bond acceptors (Lipinski definition) is 5. The molecule has 0 fully saturated rings. The number of halogens is 1. The third kappa shape index (κ3) is 4.28. The minimum atomic E-state index is -3.67. The van der Waals surface area contributed by atoms with E-state index >= 15 is 0 Å². The van der Waals surface area contributed by atoms with Gasteiger partial charge in [0, 0.05) is 36.3 Å². The Morgan fingerprint density at radius 1 is 1.20 bits per heavy atom. The Hall–Kier alpha value is -2.16. The number of aryl methyl sites for hydroxylation is 1. The van der Waals surface area contributed by atoms with Crippen LogP contribution in [0.2, 0.25) is 0 Å². The van der Waals surface area contributed by atoms with Crippen molar-refractivity contribution in [1.29, 1.82) is 0 Å². The van der Waals surface area contributed by atoms with Gasteiger partial charge in [-0.15, -0.1) is 11.3 Å². The van der Waals surface area contributed by atoms with E-state index in [0.717, 1.165) is 22.3 Å². The molecule has 0 spiro atoms. The second-order valence-electron chi connectivity index (χ2n) is 5.44. The molecule has 2 aromatic heterocycles. The van der Waals surface area contributed by atoms with Crippen LogP contribution in [0.3, 0.4) is 0 Å². The Balaban J connectivity index is 1.64. The summed E-state index contributed by atoms with van der Waals surface area (Å²) in [5.41, 5.74) is 2.17. The number of sulfonamides is 1. The van der Waals surface area contributed by atoms with Gasteiger partial charge in [-0.1, -0.05) is 0 Å². The fourth-order valence-electron chi connectivity index (χ4n) is 2.35. The summed E-state index contributed by atoms with van der Waals surface area (Å²) in [6.45, 7) is 1.79. The quantitative estimate of drug-likeness (QED) is 0.716. The molecule has 8 heteroatoms. The third-order valence-electron chi connectivity index (χ3n) is 3.58. The van der Waals surface area contributed by atoms with Crippen molar-refractivity contribution in [2.24, 2.45) is 0 Å². The van der Waals surface area contributed by atoms with Crippen LogP contribution < -0.4 is 4.72 Å². The summed E-state index contributed by atoms with van der Waals surface area (Å²) < 4.78 is 40.3. The van der Waals surface area contributed by atoms with Crippen molar-refractivity contribution in [1.82, 2.24) is 14.7 Å². The maximum Gasteiger partial charge on any atom is 0.240 e. The van der Waals surface area contributed by atoms with Crippen LogP contribution >= 0.6 is 11.3 Å². The summed E-state index contributed by atoms with van der Waals surface area (Å²) in [7, 11) is -3.67. The standard InChI is InChI=1S/C17H16FN3O2S2/c1-12-10-14(18)2-3-16(12)25(22,23)20-9-6-15-11-24-17(21-15)13-4-7-19-8-5-13/h2-5,7-8,10-11,20H,6,9H2,1H3. The highest BCUT2D eigenvalue weighted by Gasteiger charge is 2.16. The Morgan fingerprint density at radius 3 is 2.68 bits per heavy atom. The highest BCUT2D eigenvalue weighted by Crippen LogP contribution is 2.23. The molecule has 0 aliphatic carbocycles. The van der Waals surface area contributed by atoms with Crippen LogP contribution in [0.4, 0.5) is 4.39 Å². The van der Waals surface area contributed by atoms with Crippen LogP contribution in [-0.4, -0.2) is 24.9 Å². The summed E-state index contributed by atoms with van der Waals surface area (Å²) in [6.07, 6.45) is 3.88. The molecular weight excluding hydrogens is 361 g/mol. The molecule has 130 valence electrons. The molecule has 3 rings (SSSR count). The Bertz CT molecular complexity index is 973. The van der Waals surface area contributed by atoms with E-state index in [2.05, 4.69) is 14.7 Å². The molecule has 0 saturated heterocycles. The van der Waals surface area contributed by atoms with E-state index in [9.17, 15) is 12.8 Å². The molecule has 0 bridgehead atoms. The van der Waals surface area contributed by atoms with Gasteiger partial charge in [0.05, 0.1) is 10.6 Å². The van der Waals surface area contributed by atoms with Crippen molar-refractivity contribution in [3.63, 3.8) is 0 Å². The number of rotatable bonds is 6. The van der Waals surface area contributed by atoms with E-state index < -0.39 is 15.8 Å². The first-order valence-electron chi connectivity index (χ1n) is 7.56. The van der Waals surface area contributed by atoms with Crippen LogP contribution in [0.5, 0.6) is 0 Å². The Labute approximate surface area is 149 Å². The molecular formula is C17H16FN3O2S2. The van der Waals surface area contributed by atoms with Gasteiger partial charge in [0.2, 0.25) is 10.0 Å². The first kappa shape index (κ1) is 17.7. The lowest BCUT2D eigenvalue weighted by molar-refractivity contribution is 0.579. The number of benzene rings is 1. The van der Waals surface area contributed by atoms with Crippen molar-refractivity contribution in [3.8, 4) is 10.6 Å². The lowest BCUT2D eigenvalue weighted by Gasteiger charge is -2.08. The summed E-state index contributed by atoms with van der Waals surface area (Å²) >= 11 is 1.50. The maximum atomic E-state index is 13.1. The lowest BCUT2D eigenvalue weighted by atomic mass is 10.2. The van der Waals surface area contributed by atoms with Gasteiger partial charge in [-0.2, -0.15) is 0 Å². The molecule has 0 saturated carbocycles. The Kier molecular flexibility index (Phi) is 5.22. The summed E-state index contributed by atoms with van der Waals surface area (Å²) in [5.74, 6) is -0.456. The zero-order valence-corrected chi connectivity index (χ0v) is 15.1. The van der Waals surface area contributed by atoms with E-state index in [1.807, 2.05) is 17.5 Å². The highest BCUT2D eigenvalue weighted by molar-refractivity contribution is 7.89. The van der Waals surface area contributed by atoms with Gasteiger partial charge in [0.15, 0.2) is 0 Å². The van der Waals surface area contributed by atoms with Gasteiger partial charge in [-0.05, 0) is 42.8 Å². The van der Waals surface area contributed by atoms with Crippen molar-refractivity contribution in [3.05, 3.63) is 65.2 Å². The second-order valence-corrected chi connectivity index (χ2v) is 8.03. The first-order valence-corrected chi connectivity index (χ1v) is 9.92. The lowest BCUT2D eigenvalue weighted by Crippen LogP contribution is -2.26. The van der Waals surface area contributed by atoms with Crippen LogP contribution in [0.15, 0.2) is 53.0 Å². The average Bonchev–Trinajstić information content (AvgIpc) is 3.04. The van der Waals surface area contributed by atoms with Crippen LogP contribution in [0.25, 0.3) is 10.6 Å². The van der Waals surface area contributed by atoms with Crippen LogP contribution in [0, 0.1) is 12.7 Å². The summed E-state index contributed by atoms with van der Waals surface area (Å²) in [5, 5.41) is 2.78. The number of nitrogens with zero attached hydrogens (tertiary/aromatic N) is 2. The maximum absolute atomic E-state index is 13.1. The monoisotopic (exact) mass is 377 g/mol. The molecule has 2 heterocycles. The van der Waals surface area contributed by atoms with Gasteiger partial charge >= 0.3 is 0 Å². The van der Waals surface area contributed by atoms with Gasteiger partial charge in [-0.25, -0.2) is 22.5 Å². The number of thiazole rings is 1. The number of nitrogens with one attached hydrogen (secondary N) is 1. The van der Waals surface area contributed by atoms with E-state index in [1.165, 1.54) is 23.5 Å². The zero-order chi connectivity index (χ0) is 17.9. The number of pyridine rings is 1. The fourth-order valence-corrected chi connectivity index (χ4v) is 4.47. The predicted octanol–water partition coefficient (Wildman–Crippen LogP) is 3.17. The topological polar surface area (TPSA) is 72.0 Å².